The summed E-state index contributed by atoms with van der Waals surface area (Å²) >= 11 is 6.23. The van der Waals surface area contributed by atoms with Crippen molar-refractivity contribution in [2.75, 3.05) is 6.54 Å². The van der Waals surface area contributed by atoms with E-state index in [0.717, 1.165) is 30.7 Å². The molecule has 6 nitrogen and oxygen atoms in total. The molecule has 2 aromatic rings. The highest BCUT2D eigenvalue weighted by Gasteiger charge is 2.27. The van der Waals surface area contributed by atoms with Crippen LogP contribution in [0.3, 0.4) is 0 Å². The van der Waals surface area contributed by atoms with Crippen LogP contribution in [0.15, 0.2) is 18.2 Å². The standard InChI is InChI=1S/C18H24ClN5O/c1-11-9-12(2)24(23-11)16-8-7-14(19)17(22-16)18(25)21-15-6-4-3-5-13(15)10-20/h7-9,13,15H,3-6,10,20H2,1-2H3,(H,21,25). The minimum Gasteiger partial charge on any atom is -0.348 e. The highest BCUT2D eigenvalue weighted by molar-refractivity contribution is 6.33. The lowest BCUT2D eigenvalue weighted by Crippen LogP contribution is -2.45. The number of rotatable bonds is 4. The van der Waals surface area contributed by atoms with Gasteiger partial charge in [-0.25, -0.2) is 9.67 Å². The second-order valence-electron chi connectivity index (χ2n) is 6.70. The molecule has 3 N–H and O–H groups in total. The molecule has 1 aliphatic rings. The summed E-state index contributed by atoms with van der Waals surface area (Å²) in [5.41, 5.74) is 7.93. The summed E-state index contributed by atoms with van der Waals surface area (Å²) in [6.07, 6.45) is 4.27. The molecule has 3 rings (SSSR count). The molecule has 1 amide bonds. The summed E-state index contributed by atoms with van der Waals surface area (Å²) in [4.78, 5) is 17.2. The summed E-state index contributed by atoms with van der Waals surface area (Å²) in [6.45, 7) is 4.45. The third-order valence-corrected chi connectivity index (χ3v) is 5.11. The topological polar surface area (TPSA) is 85.8 Å². The van der Waals surface area contributed by atoms with Crippen molar-refractivity contribution in [1.29, 1.82) is 0 Å². The maximum atomic E-state index is 12.7. The van der Waals surface area contributed by atoms with Crippen LogP contribution >= 0.6 is 11.6 Å². The third kappa shape index (κ3) is 3.85. The van der Waals surface area contributed by atoms with Crippen LogP contribution in [0, 0.1) is 19.8 Å². The number of pyridine rings is 1. The highest BCUT2D eigenvalue weighted by atomic mass is 35.5. The molecule has 0 aliphatic heterocycles. The first-order chi connectivity index (χ1) is 12.0. The van der Waals surface area contributed by atoms with Crippen LogP contribution in [0.25, 0.3) is 5.82 Å². The molecule has 0 aromatic carbocycles. The van der Waals surface area contributed by atoms with Crippen molar-refractivity contribution in [3.05, 3.63) is 40.3 Å². The predicted octanol–water partition coefficient (Wildman–Crippen LogP) is 2.78. The van der Waals surface area contributed by atoms with Gasteiger partial charge in [-0.05, 0) is 57.4 Å². The molecule has 1 fully saturated rings. The van der Waals surface area contributed by atoms with E-state index in [1.807, 2.05) is 19.9 Å². The van der Waals surface area contributed by atoms with Gasteiger partial charge in [-0.1, -0.05) is 24.4 Å². The fraction of sp³-hybridized carbons (Fsp3) is 0.500. The maximum Gasteiger partial charge on any atom is 0.271 e. The van der Waals surface area contributed by atoms with Gasteiger partial charge in [0.25, 0.3) is 5.91 Å². The SMILES string of the molecule is Cc1cc(C)n(-c2ccc(Cl)c(C(=O)NC3CCCCC3CN)n2)n1. The first kappa shape index (κ1) is 17.9. The van der Waals surface area contributed by atoms with Crippen LogP contribution in [-0.2, 0) is 0 Å². The van der Waals surface area contributed by atoms with Crippen LogP contribution in [0.5, 0.6) is 0 Å². The summed E-state index contributed by atoms with van der Waals surface area (Å²) in [7, 11) is 0. The number of nitrogens with zero attached hydrogens (tertiary/aromatic N) is 3. The van der Waals surface area contributed by atoms with Gasteiger partial charge in [0.05, 0.1) is 10.7 Å². The molecule has 0 spiro atoms. The Morgan fingerprint density at radius 2 is 2.12 bits per heavy atom. The van der Waals surface area contributed by atoms with Gasteiger partial charge < -0.3 is 11.1 Å². The van der Waals surface area contributed by atoms with Gasteiger partial charge in [0.1, 0.15) is 5.69 Å². The number of hydrogen-bond donors (Lipinski definition) is 2. The number of aryl methyl sites for hydroxylation is 2. The van der Waals surface area contributed by atoms with E-state index in [4.69, 9.17) is 17.3 Å². The van der Waals surface area contributed by atoms with Crippen LogP contribution in [0.2, 0.25) is 5.02 Å². The largest absolute Gasteiger partial charge is 0.348 e. The zero-order valence-electron chi connectivity index (χ0n) is 14.6. The first-order valence-electron chi connectivity index (χ1n) is 8.70. The van der Waals surface area contributed by atoms with Gasteiger partial charge in [-0.2, -0.15) is 5.10 Å². The lowest BCUT2D eigenvalue weighted by atomic mass is 9.84. The maximum absolute atomic E-state index is 12.7. The monoisotopic (exact) mass is 361 g/mol. The van der Waals surface area contributed by atoms with E-state index in [2.05, 4.69) is 15.4 Å². The van der Waals surface area contributed by atoms with E-state index in [-0.39, 0.29) is 17.6 Å². The Hall–Kier alpha value is -1.92. The summed E-state index contributed by atoms with van der Waals surface area (Å²) in [5, 5.41) is 7.83. The highest BCUT2D eigenvalue weighted by Crippen LogP contribution is 2.24. The van der Waals surface area contributed by atoms with Gasteiger partial charge in [0.15, 0.2) is 5.82 Å². The number of carbonyl (C=O) groups excluding carboxylic acids is 1. The Kier molecular flexibility index (Phi) is 5.39. The van der Waals surface area contributed by atoms with E-state index in [9.17, 15) is 4.79 Å². The molecule has 134 valence electrons. The Bertz CT molecular complexity index is 773. The minimum absolute atomic E-state index is 0.0847. The van der Waals surface area contributed by atoms with Crippen LogP contribution in [0.1, 0.15) is 47.6 Å². The second kappa shape index (κ2) is 7.54. The van der Waals surface area contributed by atoms with Crippen molar-refractivity contribution in [3.63, 3.8) is 0 Å². The predicted molar refractivity (Wildman–Crippen MR) is 98.1 cm³/mol. The van der Waals surface area contributed by atoms with Crippen molar-refractivity contribution in [2.45, 2.75) is 45.6 Å². The molecule has 2 heterocycles. The lowest BCUT2D eigenvalue weighted by Gasteiger charge is -2.31. The van der Waals surface area contributed by atoms with Gasteiger partial charge >= 0.3 is 0 Å². The van der Waals surface area contributed by atoms with Gasteiger partial charge in [-0.3, -0.25) is 4.79 Å². The number of nitrogens with one attached hydrogen (secondary N) is 1. The fourth-order valence-corrected chi connectivity index (χ4v) is 3.68. The number of nitrogens with two attached hydrogens (primary N) is 1. The van der Waals surface area contributed by atoms with Crippen LogP contribution in [0.4, 0.5) is 0 Å². The van der Waals surface area contributed by atoms with Crippen molar-refractivity contribution < 1.29 is 4.79 Å². The average Bonchev–Trinajstić information content (AvgIpc) is 2.94. The zero-order chi connectivity index (χ0) is 18.0. The van der Waals surface area contributed by atoms with E-state index in [1.165, 1.54) is 6.42 Å². The molecule has 25 heavy (non-hydrogen) atoms. The van der Waals surface area contributed by atoms with Crippen molar-refractivity contribution in [1.82, 2.24) is 20.1 Å². The molecular formula is C18H24ClN5O. The summed E-state index contributed by atoms with van der Waals surface area (Å²) in [5.74, 6) is 0.647. The molecule has 0 radical (unpaired) electrons. The van der Waals surface area contributed by atoms with E-state index in [0.29, 0.717) is 23.3 Å². The van der Waals surface area contributed by atoms with Crippen LogP contribution < -0.4 is 11.1 Å². The fourth-order valence-electron chi connectivity index (χ4n) is 3.49. The van der Waals surface area contributed by atoms with Gasteiger partial charge in [0.2, 0.25) is 0 Å². The lowest BCUT2D eigenvalue weighted by molar-refractivity contribution is 0.0903. The van der Waals surface area contributed by atoms with Gasteiger partial charge in [0, 0.05) is 11.7 Å². The molecule has 0 saturated heterocycles. The minimum atomic E-state index is -0.251. The quantitative estimate of drug-likeness (QED) is 0.876. The Morgan fingerprint density at radius 3 is 2.80 bits per heavy atom. The number of aromatic nitrogens is 3. The van der Waals surface area contributed by atoms with Crippen molar-refractivity contribution in [2.24, 2.45) is 11.7 Å². The molecule has 1 saturated carbocycles. The van der Waals surface area contributed by atoms with Crippen molar-refractivity contribution in [3.8, 4) is 5.82 Å². The first-order valence-corrected chi connectivity index (χ1v) is 9.08. The molecule has 0 bridgehead atoms. The number of hydrogen-bond acceptors (Lipinski definition) is 4. The Morgan fingerprint density at radius 1 is 1.36 bits per heavy atom. The zero-order valence-corrected chi connectivity index (χ0v) is 15.4. The molecule has 2 unspecified atom stereocenters. The van der Waals surface area contributed by atoms with Crippen molar-refractivity contribution >= 4 is 17.5 Å². The van der Waals surface area contributed by atoms with Crippen LogP contribution in [-0.4, -0.2) is 33.3 Å². The molecule has 2 atom stereocenters. The van der Waals surface area contributed by atoms with E-state index in [1.54, 1.807) is 16.8 Å². The number of carbonyl (C=O) groups is 1. The molecular weight excluding hydrogens is 338 g/mol. The Balaban J connectivity index is 1.85. The van der Waals surface area contributed by atoms with E-state index >= 15 is 0 Å². The average molecular weight is 362 g/mol. The second-order valence-corrected chi connectivity index (χ2v) is 7.11. The summed E-state index contributed by atoms with van der Waals surface area (Å²) in [6, 6.07) is 5.50. The number of halogens is 1. The number of amides is 1. The normalized spacial score (nSPS) is 20.5. The summed E-state index contributed by atoms with van der Waals surface area (Å²) < 4.78 is 1.71. The van der Waals surface area contributed by atoms with Gasteiger partial charge in [-0.15, -0.1) is 0 Å². The third-order valence-electron chi connectivity index (χ3n) is 4.80. The molecule has 2 aromatic heterocycles. The van der Waals surface area contributed by atoms with E-state index < -0.39 is 0 Å². The molecule has 7 heteroatoms. The smallest absolute Gasteiger partial charge is 0.271 e. The molecule has 1 aliphatic carbocycles. The Labute approximate surface area is 152 Å².